The van der Waals surface area contributed by atoms with Gasteiger partial charge in [-0.25, -0.2) is 0 Å². The number of alkyl halides is 3. The summed E-state index contributed by atoms with van der Waals surface area (Å²) in [7, 11) is 0. The number of hydrogen-bond acceptors (Lipinski definition) is 4. The van der Waals surface area contributed by atoms with Gasteiger partial charge in [0, 0.05) is 58.0 Å². The Morgan fingerprint density at radius 2 is 1.94 bits per heavy atom. The highest BCUT2D eigenvalue weighted by molar-refractivity contribution is 5.80. The third kappa shape index (κ3) is 7.00. The second kappa shape index (κ2) is 11.0. The topological polar surface area (TPSA) is 54.3 Å². The molecule has 31 heavy (non-hydrogen) atoms. The van der Waals surface area contributed by atoms with Gasteiger partial charge in [0.2, 0.25) is 0 Å². The van der Waals surface area contributed by atoms with E-state index in [9.17, 15) is 18.3 Å². The number of anilines is 1. The molecule has 9 heteroatoms. The van der Waals surface area contributed by atoms with Crippen molar-refractivity contribution < 1.29 is 18.3 Å². The summed E-state index contributed by atoms with van der Waals surface area (Å²) in [5.74, 6) is 0.883. The number of likely N-dealkylation sites (tertiary alicyclic amines) is 1. The number of nitrogens with one attached hydrogen (secondary N) is 1. The molecule has 1 aromatic rings. The van der Waals surface area contributed by atoms with Crippen molar-refractivity contribution >= 4 is 11.6 Å². The zero-order chi connectivity index (χ0) is 22.3. The SMILES string of the molecule is CCNC(=NCCCCN1CCN(c2cccc(C(F)(F)F)c2)CC1)N1CC[C@@H](O)C1. The van der Waals surface area contributed by atoms with E-state index in [1.165, 1.54) is 12.1 Å². The number of halogens is 3. The predicted molar refractivity (Wildman–Crippen MR) is 118 cm³/mol. The molecule has 0 bridgehead atoms. The second-order valence-electron chi connectivity index (χ2n) is 8.21. The number of guanidine groups is 1. The number of aliphatic hydroxyl groups is 1. The van der Waals surface area contributed by atoms with Gasteiger partial charge in [0.05, 0.1) is 11.7 Å². The van der Waals surface area contributed by atoms with Crippen LogP contribution in [0.3, 0.4) is 0 Å². The molecular weight excluding hydrogens is 407 g/mol. The van der Waals surface area contributed by atoms with E-state index in [0.717, 1.165) is 83.6 Å². The normalized spacial score (nSPS) is 21.1. The first-order chi connectivity index (χ1) is 14.9. The number of rotatable bonds is 7. The van der Waals surface area contributed by atoms with E-state index in [1.54, 1.807) is 6.07 Å². The molecule has 2 N–H and O–H groups in total. The summed E-state index contributed by atoms with van der Waals surface area (Å²) in [5, 5.41) is 13.0. The Morgan fingerprint density at radius 3 is 2.58 bits per heavy atom. The van der Waals surface area contributed by atoms with Gasteiger partial charge in [-0.2, -0.15) is 13.2 Å². The van der Waals surface area contributed by atoms with Crippen molar-refractivity contribution in [3.63, 3.8) is 0 Å². The minimum absolute atomic E-state index is 0.265. The first-order valence-electron chi connectivity index (χ1n) is 11.2. The van der Waals surface area contributed by atoms with Gasteiger partial charge in [0.15, 0.2) is 5.96 Å². The van der Waals surface area contributed by atoms with Crippen molar-refractivity contribution in [2.24, 2.45) is 4.99 Å². The molecule has 0 spiro atoms. The molecule has 0 amide bonds. The molecule has 0 aromatic heterocycles. The van der Waals surface area contributed by atoms with Crippen molar-refractivity contribution in [1.82, 2.24) is 15.1 Å². The molecule has 0 unspecified atom stereocenters. The number of hydrogen-bond donors (Lipinski definition) is 2. The summed E-state index contributed by atoms with van der Waals surface area (Å²) < 4.78 is 38.8. The van der Waals surface area contributed by atoms with Gasteiger partial charge in [0.1, 0.15) is 0 Å². The van der Waals surface area contributed by atoms with Crippen LogP contribution >= 0.6 is 0 Å². The molecule has 2 heterocycles. The highest BCUT2D eigenvalue weighted by Crippen LogP contribution is 2.31. The fourth-order valence-corrected chi connectivity index (χ4v) is 4.10. The lowest BCUT2D eigenvalue weighted by molar-refractivity contribution is -0.137. The van der Waals surface area contributed by atoms with E-state index in [4.69, 9.17) is 4.99 Å². The lowest BCUT2D eigenvalue weighted by Gasteiger charge is -2.36. The Labute approximate surface area is 182 Å². The van der Waals surface area contributed by atoms with Crippen LogP contribution in [0.4, 0.5) is 18.9 Å². The maximum absolute atomic E-state index is 12.9. The Balaban J connectivity index is 1.38. The molecule has 1 atom stereocenters. The van der Waals surface area contributed by atoms with Crippen molar-refractivity contribution in [2.75, 3.05) is 63.8 Å². The zero-order valence-corrected chi connectivity index (χ0v) is 18.2. The predicted octanol–water partition coefficient (Wildman–Crippen LogP) is 2.64. The van der Waals surface area contributed by atoms with Crippen LogP contribution in [0.15, 0.2) is 29.3 Å². The molecular formula is C22H34F3N5O. The Morgan fingerprint density at radius 1 is 1.16 bits per heavy atom. The number of benzene rings is 1. The van der Waals surface area contributed by atoms with E-state index in [0.29, 0.717) is 12.2 Å². The molecule has 6 nitrogen and oxygen atoms in total. The lowest BCUT2D eigenvalue weighted by atomic mass is 10.1. The molecule has 0 radical (unpaired) electrons. The van der Waals surface area contributed by atoms with Crippen LogP contribution < -0.4 is 10.2 Å². The fourth-order valence-electron chi connectivity index (χ4n) is 4.10. The molecule has 0 aliphatic carbocycles. The van der Waals surface area contributed by atoms with Crippen molar-refractivity contribution in [2.45, 2.75) is 38.5 Å². The Hall–Kier alpha value is -2.00. The Kier molecular flexibility index (Phi) is 8.43. The smallest absolute Gasteiger partial charge is 0.391 e. The fraction of sp³-hybridized carbons (Fsp3) is 0.682. The van der Waals surface area contributed by atoms with Gasteiger partial charge in [0.25, 0.3) is 0 Å². The molecule has 174 valence electrons. The van der Waals surface area contributed by atoms with Crippen LogP contribution in [0.1, 0.15) is 31.7 Å². The summed E-state index contributed by atoms with van der Waals surface area (Å²) in [6.07, 6.45) is -1.76. The average Bonchev–Trinajstić information content (AvgIpc) is 3.19. The molecule has 2 aliphatic rings. The first kappa shape index (κ1) is 23.7. The molecule has 3 rings (SSSR count). The number of unbranched alkanes of at least 4 members (excludes halogenated alkanes) is 1. The first-order valence-corrected chi connectivity index (χ1v) is 11.2. The van der Waals surface area contributed by atoms with E-state index in [-0.39, 0.29) is 6.10 Å². The van der Waals surface area contributed by atoms with Crippen LogP contribution in [0.2, 0.25) is 0 Å². The van der Waals surface area contributed by atoms with E-state index >= 15 is 0 Å². The number of piperazine rings is 1. The molecule has 1 aromatic carbocycles. The minimum atomic E-state index is -4.30. The van der Waals surface area contributed by atoms with Crippen LogP contribution in [-0.4, -0.2) is 85.9 Å². The summed E-state index contributed by atoms with van der Waals surface area (Å²) in [6, 6.07) is 5.60. The van der Waals surface area contributed by atoms with Crippen LogP contribution in [0.5, 0.6) is 0 Å². The maximum Gasteiger partial charge on any atom is 0.416 e. The van der Waals surface area contributed by atoms with E-state index < -0.39 is 11.7 Å². The monoisotopic (exact) mass is 441 g/mol. The highest BCUT2D eigenvalue weighted by Gasteiger charge is 2.31. The second-order valence-corrected chi connectivity index (χ2v) is 8.21. The molecule has 0 saturated carbocycles. The van der Waals surface area contributed by atoms with Crippen LogP contribution in [0, 0.1) is 0 Å². The van der Waals surface area contributed by atoms with Gasteiger partial charge >= 0.3 is 6.18 Å². The molecule has 2 saturated heterocycles. The summed E-state index contributed by atoms with van der Waals surface area (Å²) in [5.41, 5.74) is 0.0557. The van der Waals surface area contributed by atoms with Crippen molar-refractivity contribution in [1.29, 1.82) is 0 Å². The van der Waals surface area contributed by atoms with E-state index in [1.807, 2.05) is 11.8 Å². The van der Waals surface area contributed by atoms with Gasteiger partial charge < -0.3 is 20.2 Å². The van der Waals surface area contributed by atoms with Crippen molar-refractivity contribution in [3.05, 3.63) is 29.8 Å². The summed E-state index contributed by atoms with van der Waals surface area (Å²) in [4.78, 5) is 11.2. The maximum atomic E-state index is 12.9. The zero-order valence-electron chi connectivity index (χ0n) is 18.2. The Bertz CT molecular complexity index is 719. The number of β-amino-alcohol motifs (C(OH)–C–C–N with tert-alkyl or cyclic N) is 1. The van der Waals surface area contributed by atoms with Gasteiger partial charge in [-0.05, 0) is 50.9 Å². The molecule has 2 aliphatic heterocycles. The van der Waals surface area contributed by atoms with Gasteiger partial charge in [-0.1, -0.05) is 6.07 Å². The van der Waals surface area contributed by atoms with Gasteiger partial charge in [-0.15, -0.1) is 0 Å². The largest absolute Gasteiger partial charge is 0.416 e. The summed E-state index contributed by atoms with van der Waals surface area (Å²) in [6.45, 7) is 9.24. The molecule has 2 fully saturated rings. The summed E-state index contributed by atoms with van der Waals surface area (Å²) >= 11 is 0. The van der Waals surface area contributed by atoms with Crippen molar-refractivity contribution in [3.8, 4) is 0 Å². The number of aliphatic imine (C=N–C) groups is 1. The van der Waals surface area contributed by atoms with Crippen LogP contribution in [0.25, 0.3) is 0 Å². The van der Waals surface area contributed by atoms with Gasteiger partial charge in [-0.3, -0.25) is 9.89 Å². The minimum Gasteiger partial charge on any atom is -0.391 e. The standard InChI is InChI=1S/C22H34F3N5O/c1-2-26-21(30-11-8-20(31)17-30)27-9-3-4-10-28-12-14-29(15-13-28)19-7-5-6-18(16-19)22(23,24)25/h5-7,16,20,31H,2-4,8-15,17H2,1H3,(H,26,27)/t20-/m1/s1. The number of aliphatic hydroxyl groups excluding tert-OH is 1. The quantitative estimate of drug-likeness (QED) is 0.387. The highest BCUT2D eigenvalue weighted by atomic mass is 19.4. The number of nitrogens with zero attached hydrogens (tertiary/aromatic N) is 4. The third-order valence-corrected chi connectivity index (χ3v) is 5.85. The lowest BCUT2D eigenvalue weighted by Crippen LogP contribution is -2.46. The van der Waals surface area contributed by atoms with Crippen LogP contribution in [-0.2, 0) is 6.18 Å². The average molecular weight is 442 g/mol. The van der Waals surface area contributed by atoms with E-state index in [2.05, 4.69) is 15.1 Å². The third-order valence-electron chi connectivity index (χ3n) is 5.85.